The van der Waals surface area contributed by atoms with Crippen molar-refractivity contribution in [1.82, 2.24) is 5.06 Å². The summed E-state index contributed by atoms with van der Waals surface area (Å²) in [6.07, 6.45) is -0.738. The standard InChI is InChI=1S/C13H18N2O4S/c1-13(2,3)19-12(17)15(18)11(4-5-16)9-6-10(7-14)20-8-9/h6,8,11,16,18H,4-5H2,1-3H3/t11-/m0/s1. The molecule has 110 valence electrons. The van der Waals surface area contributed by atoms with E-state index in [1.165, 1.54) is 11.3 Å². The first kappa shape index (κ1) is 16.4. The number of hydrogen-bond donors (Lipinski definition) is 2. The molecule has 1 aromatic heterocycles. The zero-order valence-corrected chi connectivity index (χ0v) is 12.5. The third kappa shape index (κ3) is 4.49. The minimum atomic E-state index is -0.888. The number of nitrogens with zero attached hydrogens (tertiary/aromatic N) is 2. The number of aliphatic hydroxyl groups is 1. The average Bonchev–Trinajstić information content (AvgIpc) is 2.81. The number of carbonyl (C=O) groups is 1. The van der Waals surface area contributed by atoms with Gasteiger partial charge in [0.15, 0.2) is 0 Å². The topological polar surface area (TPSA) is 93.8 Å². The van der Waals surface area contributed by atoms with Gasteiger partial charge < -0.3 is 9.84 Å². The monoisotopic (exact) mass is 298 g/mol. The molecule has 0 aliphatic heterocycles. The highest BCUT2D eigenvalue weighted by molar-refractivity contribution is 7.10. The van der Waals surface area contributed by atoms with Gasteiger partial charge in [0.25, 0.3) is 0 Å². The van der Waals surface area contributed by atoms with E-state index in [4.69, 9.17) is 15.1 Å². The van der Waals surface area contributed by atoms with Gasteiger partial charge in [-0.2, -0.15) is 10.3 Å². The normalized spacial score (nSPS) is 12.6. The summed E-state index contributed by atoms with van der Waals surface area (Å²) in [6.45, 7) is 4.87. The number of ether oxygens (including phenoxy) is 1. The molecule has 0 unspecified atom stereocenters. The highest BCUT2D eigenvalue weighted by atomic mass is 32.1. The molecule has 1 rings (SSSR count). The minimum absolute atomic E-state index is 0.150. The van der Waals surface area contributed by atoms with Gasteiger partial charge in [0.05, 0.1) is 6.04 Å². The third-order valence-electron chi connectivity index (χ3n) is 2.39. The van der Waals surface area contributed by atoms with Crippen molar-refractivity contribution in [2.75, 3.05) is 6.61 Å². The lowest BCUT2D eigenvalue weighted by Crippen LogP contribution is -2.37. The maximum atomic E-state index is 11.8. The molecule has 0 spiro atoms. The van der Waals surface area contributed by atoms with Gasteiger partial charge in [0, 0.05) is 6.61 Å². The van der Waals surface area contributed by atoms with E-state index in [0.29, 0.717) is 15.5 Å². The Bertz CT molecular complexity index is 501. The number of hydroxylamine groups is 2. The molecule has 0 aromatic carbocycles. The SMILES string of the molecule is CC(C)(C)OC(=O)N(O)[C@@H](CCO)c1csc(C#N)c1. The number of amides is 1. The molecule has 7 heteroatoms. The average molecular weight is 298 g/mol. The summed E-state index contributed by atoms with van der Waals surface area (Å²) >= 11 is 1.21. The number of nitriles is 1. The van der Waals surface area contributed by atoms with Gasteiger partial charge in [-0.3, -0.25) is 5.21 Å². The first-order valence-electron chi connectivity index (χ1n) is 6.09. The predicted molar refractivity (Wildman–Crippen MR) is 73.3 cm³/mol. The van der Waals surface area contributed by atoms with E-state index in [1.54, 1.807) is 32.2 Å². The third-order valence-corrected chi connectivity index (χ3v) is 3.25. The lowest BCUT2D eigenvalue weighted by Gasteiger charge is -2.28. The second kappa shape index (κ2) is 6.70. The van der Waals surface area contributed by atoms with Crippen LogP contribution in [0.2, 0.25) is 0 Å². The molecule has 20 heavy (non-hydrogen) atoms. The summed E-state index contributed by atoms with van der Waals surface area (Å²) in [7, 11) is 0. The van der Waals surface area contributed by atoms with E-state index in [2.05, 4.69) is 0 Å². The number of hydrogen-bond acceptors (Lipinski definition) is 6. The Kier molecular flexibility index (Phi) is 5.51. The summed E-state index contributed by atoms with van der Waals surface area (Å²) in [4.78, 5) is 12.3. The number of thiophene rings is 1. The lowest BCUT2D eigenvalue weighted by molar-refractivity contribution is -0.125. The highest BCUT2D eigenvalue weighted by Crippen LogP contribution is 2.28. The van der Waals surface area contributed by atoms with E-state index >= 15 is 0 Å². The Balaban J connectivity index is 2.90. The van der Waals surface area contributed by atoms with E-state index in [1.807, 2.05) is 6.07 Å². The molecule has 0 aliphatic rings. The number of rotatable bonds is 4. The molecule has 1 heterocycles. The van der Waals surface area contributed by atoms with Crippen LogP contribution in [0.5, 0.6) is 0 Å². The molecule has 6 nitrogen and oxygen atoms in total. The van der Waals surface area contributed by atoms with E-state index in [0.717, 1.165) is 0 Å². The smallest absolute Gasteiger partial charge is 0.434 e. The van der Waals surface area contributed by atoms with Crippen LogP contribution in [0.25, 0.3) is 0 Å². The Morgan fingerprint density at radius 3 is 2.70 bits per heavy atom. The Labute approximate surface area is 121 Å². The fraction of sp³-hybridized carbons (Fsp3) is 0.538. The van der Waals surface area contributed by atoms with Crippen molar-refractivity contribution in [3.05, 3.63) is 21.9 Å². The van der Waals surface area contributed by atoms with Crippen LogP contribution in [0.3, 0.4) is 0 Å². The molecule has 2 N–H and O–H groups in total. The molecule has 0 saturated heterocycles. The summed E-state index contributed by atoms with van der Waals surface area (Å²) in [5.74, 6) is 0. The van der Waals surface area contributed by atoms with Gasteiger partial charge in [-0.15, -0.1) is 11.3 Å². The van der Waals surface area contributed by atoms with Gasteiger partial charge in [0.2, 0.25) is 0 Å². The molecule has 0 radical (unpaired) electrons. The van der Waals surface area contributed by atoms with Crippen LogP contribution in [0.1, 0.15) is 43.7 Å². The second-order valence-electron chi connectivity index (χ2n) is 5.21. The highest BCUT2D eigenvalue weighted by Gasteiger charge is 2.28. The Morgan fingerprint density at radius 1 is 1.60 bits per heavy atom. The van der Waals surface area contributed by atoms with Crippen molar-refractivity contribution < 1.29 is 19.8 Å². The number of aliphatic hydroxyl groups excluding tert-OH is 1. The van der Waals surface area contributed by atoms with E-state index in [-0.39, 0.29) is 13.0 Å². The fourth-order valence-corrected chi connectivity index (χ4v) is 2.32. The van der Waals surface area contributed by atoms with Crippen molar-refractivity contribution in [2.24, 2.45) is 0 Å². The molecule has 1 atom stereocenters. The van der Waals surface area contributed by atoms with Crippen molar-refractivity contribution in [3.8, 4) is 6.07 Å². The van der Waals surface area contributed by atoms with Crippen molar-refractivity contribution >= 4 is 17.4 Å². The van der Waals surface area contributed by atoms with Crippen LogP contribution in [-0.2, 0) is 4.74 Å². The fourth-order valence-electron chi connectivity index (χ4n) is 1.57. The molecule has 1 amide bonds. The van der Waals surface area contributed by atoms with Crippen LogP contribution in [-0.4, -0.2) is 33.7 Å². The minimum Gasteiger partial charge on any atom is -0.442 e. The summed E-state index contributed by atoms with van der Waals surface area (Å²) in [6, 6.07) is 2.83. The van der Waals surface area contributed by atoms with Crippen LogP contribution < -0.4 is 0 Å². The molecular weight excluding hydrogens is 280 g/mol. The van der Waals surface area contributed by atoms with Crippen LogP contribution in [0.4, 0.5) is 4.79 Å². The molecule has 0 saturated carbocycles. The van der Waals surface area contributed by atoms with Crippen LogP contribution in [0.15, 0.2) is 11.4 Å². The lowest BCUT2D eigenvalue weighted by atomic mass is 10.1. The molecule has 0 fully saturated rings. The van der Waals surface area contributed by atoms with Crippen molar-refractivity contribution in [1.29, 1.82) is 5.26 Å². The second-order valence-corrected chi connectivity index (χ2v) is 6.12. The Hall–Kier alpha value is -1.62. The predicted octanol–water partition coefficient (Wildman–Crippen LogP) is 2.67. The molecular formula is C13H18N2O4S. The van der Waals surface area contributed by atoms with Crippen molar-refractivity contribution in [2.45, 2.75) is 38.8 Å². The first-order chi connectivity index (χ1) is 9.28. The summed E-state index contributed by atoms with van der Waals surface area (Å²) in [5, 5.41) is 30.0. The Morgan fingerprint density at radius 2 is 2.25 bits per heavy atom. The van der Waals surface area contributed by atoms with Crippen LogP contribution >= 0.6 is 11.3 Å². The quantitative estimate of drug-likeness (QED) is 0.658. The molecule has 0 bridgehead atoms. The maximum Gasteiger partial charge on any atom is 0.434 e. The zero-order valence-electron chi connectivity index (χ0n) is 11.7. The largest absolute Gasteiger partial charge is 0.442 e. The first-order valence-corrected chi connectivity index (χ1v) is 6.97. The maximum absolute atomic E-state index is 11.8. The van der Waals surface area contributed by atoms with Crippen LogP contribution in [0, 0.1) is 11.3 Å². The van der Waals surface area contributed by atoms with Gasteiger partial charge in [0.1, 0.15) is 16.5 Å². The summed E-state index contributed by atoms with van der Waals surface area (Å²) in [5.41, 5.74) is -0.136. The van der Waals surface area contributed by atoms with Gasteiger partial charge in [-0.1, -0.05) is 0 Å². The van der Waals surface area contributed by atoms with E-state index in [9.17, 15) is 10.0 Å². The van der Waals surface area contributed by atoms with Gasteiger partial charge in [-0.25, -0.2) is 4.79 Å². The molecule has 0 aliphatic carbocycles. The zero-order chi connectivity index (χ0) is 15.3. The number of carbonyl (C=O) groups excluding carboxylic acids is 1. The summed E-state index contributed by atoms with van der Waals surface area (Å²) < 4.78 is 5.08. The van der Waals surface area contributed by atoms with Crippen molar-refractivity contribution in [3.63, 3.8) is 0 Å². The van der Waals surface area contributed by atoms with Gasteiger partial charge in [-0.05, 0) is 44.2 Å². The molecule has 1 aromatic rings. The van der Waals surface area contributed by atoms with Gasteiger partial charge >= 0.3 is 6.09 Å². The van der Waals surface area contributed by atoms with E-state index < -0.39 is 17.7 Å².